The third-order valence-electron chi connectivity index (χ3n) is 5.20. The number of nitrogens with one attached hydrogen (secondary N) is 2. The number of hydrogen-bond donors (Lipinski definition) is 3. The quantitative estimate of drug-likeness (QED) is 0.376. The molecule has 1 heterocycles. The predicted octanol–water partition coefficient (Wildman–Crippen LogP) is 3.88. The Bertz CT molecular complexity index is 1050. The Morgan fingerprint density at radius 3 is 2.47 bits per heavy atom. The van der Waals surface area contributed by atoms with Gasteiger partial charge in [0.05, 0.1) is 19.8 Å². The minimum absolute atomic E-state index is 0.179. The highest BCUT2D eigenvalue weighted by atomic mass is 35.5. The summed E-state index contributed by atoms with van der Waals surface area (Å²) in [4.78, 5) is 12.6. The van der Waals surface area contributed by atoms with Gasteiger partial charge < -0.3 is 30.0 Å². The van der Waals surface area contributed by atoms with Crippen molar-refractivity contribution >= 4 is 34.9 Å². The Hall–Kier alpha value is -2.76. The largest absolute Gasteiger partial charge is 0.493 e. The monoisotopic (exact) mass is 518 g/mol. The average molecular weight is 519 g/mol. The lowest BCUT2D eigenvalue weighted by Crippen LogP contribution is -2.73. The van der Waals surface area contributed by atoms with Crippen molar-refractivity contribution in [1.29, 1.82) is 0 Å². The highest BCUT2D eigenvalue weighted by Gasteiger charge is 2.66. The number of alkyl halides is 3. The second-order valence-corrected chi connectivity index (χ2v) is 8.24. The molecular formula is C22H22ClF3N2O5S. The lowest BCUT2D eigenvalue weighted by molar-refractivity contribution is -0.292. The van der Waals surface area contributed by atoms with Crippen LogP contribution in [0.15, 0.2) is 42.5 Å². The SMILES string of the molecule is CCOC(=O)C1C(c2ccc(OCc3ccc(Cl)cc3)c(OC)c2)NC(=S)NC1(O)C(F)(F)F. The van der Waals surface area contributed by atoms with Crippen LogP contribution in [0.4, 0.5) is 13.2 Å². The molecule has 3 rings (SSSR count). The Morgan fingerprint density at radius 1 is 1.21 bits per heavy atom. The molecular weight excluding hydrogens is 497 g/mol. The van der Waals surface area contributed by atoms with E-state index in [1.165, 1.54) is 32.2 Å². The number of aliphatic hydroxyl groups is 1. The minimum atomic E-state index is -5.24. The van der Waals surface area contributed by atoms with Crippen molar-refractivity contribution in [3.05, 3.63) is 58.6 Å². The highest BCUT2D eigenvalue weighted by Crippen LogP contribution is 2.44. The molecule has 0 radical (unpaired) electrons. The summed E-state index contributed by atoms with van der Waals surface area (Å²) >= 11 is 10.8. The van der Waals surface area contributed by atoms with Gasteiger partial charge in [-0.05, 0) is 54.5 Å². The summed E-state index contributed by atoms with van der Waals surface area (Å²) in [6, 6.07) is 9.97. The lowest BCUT2D eigenvalue weighted by Gasteiger charge is -2.45. The number of rotatable bonds is 7. The first-order valence-electron chi connectivity index (χ1n) is 10.1. The third-order valence-corrected chi connectivity index (χ3v) is 5.67. The lowest BCUT2D eigenvalue weighted by atomic mass is 9.82. The number of carbonyl (C=O) groups is 1. The fourth-order valence-electron chi connectivity index (χ4n) is 3.55. The number of carbonyl (C=O) groups excluding carboxylic acids is 1. The molecule has 34 heavy (non-hydrogen) atoms. The van der Waals surface area contributed by atoms with Gasteiger partial charge in [0.25, 0.3) is 5.72 Å². The molecule has 0 amide bonds. The molecule has 3 atom stereocenters. The number of benzene rings is 2. The van der Waals surface area contributed by atoms with E-state index in [9.17, 15) is 23.1 Å². The van der Waals surface area contributed by atoms with Gasteiger partial charge in [0, 0.05) is 5.02 Å². The molecule has 184 valence electrons. The molecule has 0 spiro atoms. The molecule has 1 fully saturated rings. The zero-order valence-electron chi connectivity index (χ0n) is 18.1. The summed E-state index contributed by atoms with van der Waals surface area (Å²) in [5.41, 5.74) is -2.62. The van der Waals surface area contributed by atoms with Crippen LogP contribution in [0.25, 0.3) is 0 Å². The van der Waals surface area contributed by atoms with Crippen molar-refractivity contribution < 1.29 is 37.3 Å². The van der Waals surface area contributed by atoms with Gasteiger partial charge in [-0.1, -0.05) is 29.8 Å². The number of halogens is 4. The van der Waals surface area contributed by atoms with Crippen molar-refractivity contribution in [2.45, 2.75) is 31.5 Å². The fourth-order valence-corrected chi connectivity index (χ4v) is 3.96. The summed E-state index contributed by atoms with van der Waals surface area (Å²) in [5, 5.41) is 15.1. The van der Waals surface area contributed by atoms with Crippen LogP contribution < -0.4 is 20.1 Å². The van der Waals surface area contributed by atoms with Crippen LogP contribution in [0.2, 0.25) is 5.02 Å². The summed E-state index contributed by atoms with van der Waals surface area (Å²) in [5.74, 6) is -2.84. The maximum absolute atomic E-state index is 13.9. The zero-order chi connectivity index (χ0) is 25.1. The summed E-state index contributed by atoms with van der Waals surface area (Å²) < 4.78 is 57.6. The number of ether oxygens (including phenoxy) is 3. The first kappa shape index (κ1) is 25.9. The maximum Gasteiger partial charge on any atom is 0.437 e. The van der Waals surface area contributed by atoms with Gasteiger partial charge in [-0.25, -0.2) is 0 Å². The molecule has 1 saturated heterocycles. The Kier molecular flexibility index (Phi) is 7.79. The smallest absolute Gasteiger partial charge is 0.437 e. The second kappa shape index (κ2) is 10.2. The molecule has 3 unspecified atom stereocenters. The molecule has 0 bridgehead atoms. The molecule has 1 aliphatic heterocycles. The molecule has 3 N–H and O–H groups in total. The number of methoxy groups -OCH3 is 1. The van der Waals surface area contributed by atoms with E-state index >= 15 is 0 Å². The Morgan fingerprint density at radius 2 is 1.88 bits per heavy atom. The molecule has 0 saturated carbocycles. The van der Waals surface area contributed by atoms with Gasteiger partial charge in [-0.2, -0.15) is 13.2 Å². The van der Waals surface area contributed by atoms with E-state index < -0.39 is 34.9 Å². The molecule has 2 aromatic carbocycles. The van der Waals surface area contributed by atoms with Crippen molar-refractivity contribution in [2.75, 3.05) is 13.7 Å². The summed E-state index contributed by atoms with van der Waals surface area (Å²) in [6.07, 6.45) is -5.24. The first-order valence-corrected chi connectivity index (χ1v) is 10.9. The van der Waals surface area contributed by atoms with E-state index in [1.54, 1.807) is 29.6 Å². The van der Waals surface area contributed by atoms with Crippen LogP contribution in [0.5, 0.6) is 11.5 Å². The van der Waals surface area contributed by atoms with Gasteiger partial charge in [0.2, 0.25) is 0 Å². The molecule has 0 aromatic heterocycles. The molecule has 12 heteroatoms. The second-order valence-electron chi connectivity index (χ2n) is 7.40. The molecule has 2 aromatic rings. The van der Waals surface area contributed by atoms with Gasteiger partial charge in [0.1, 0.15) is 12.5 Å². The molecule has 1 aliphatic rings. The van der Waals surface area contributed by atoms with Gasteiger partial charge in [0.15, 0.2) is 16.6 Å². The Balaban J connectivity index is 1.95. The van der Waals surface area contributed by atoms with Crippen LogP contribution in [-0.2, 0) is 16.1 Å². The Labute approximate surface area is 204 Å². The van der Waals surface area contributed by atoms with Crippen LogP contribution in [-0.4, -0.2) is 41.8 Å². The van der Waals surface area contributed by atoms with Crippen LogP contribution >= 0.6 is 23.8 Å². The van der Waals surface area contributed by atoms with Crippen molar-refractivity contribution in [3.63, 3.8) is 0 Å². The normalized spacial score (nSPS) is 22.4. The van der Waals surface area contributed by atoms with E-state index in [0.717, 1.165) is 5.56 Å². The van der Waals surface area contributed by atoms with Crippen LogP contribution in [0.1, 0.15) is 24.1 Å². The molecule has 0 aliphatic carbocycles. The van der Waals surface area contributed by atoms with Crippen molar-refractivity contribution in [2.24, 2.45) is 5.92 Å². The van der Waals surface area contributed by atoms with Gasteiger partial charge in [-0.15, -0.1) is 0 Å². The fraction of sp³-hybridized carbons (Fsp3) is 0.364. The van der Waals surface area contributed by atoms with E-state index in [-0.39, 0.29) is 24.5 Å². The van der Waals surface area contributed by atoms with Crippen molar-refractivity contribution in [3.8, 4) is 11.5 Å². The standard InChI is InChI=1S/C22H22ClF3N2O5S/c1-3-32-19(29)17-18(27-20(34)28-21(17,30)22(24,25)26)13-6-9-15(16(10-13)31-2)33-11-12-4-7-14(23)8-5-12/h4-10,17-18,30H,3,11H2,1-2H3,(H2,27,28,34). The topological polar surface area (TPSA) is 89.1 Å². The van der Waals surface area contributed by atoms with E-state index in [0.29, 0.717) is 10.8 Å². The number of esters is 1. The predicted molar refractivity (Wildman–Crippen MR) is 122 cm³/mol. The summed E-state index contributed by atoms with van der Waals surface area (Å²) in [6.45, 7) is 1.45. The summed E-state index contributed by atoms with van der Waals surface area (Å²) in [7, 11) is 1.36. The third kappa shape index (κ3) is 5.31. The number of hydrogen-bond acceptors (Lipinski definition) is 6. The maximum atomic E-state index is 13.9. The number of thiocarbonyl (C=S) groups is 1. The highest BCUT2D eigenvalue weighted by molar-refractivity contribution is 7.80. The minimum Gasteiger partial charge on any atom is -0.493 e. The van der Waals surface area contributed by atoms with Crippen LogP contribution in [0.3, 0.4) is 0 Å². The van der Waals surface area contributed by atoms with E-state index in [1.807, 2.05) is 0 Å². The molecule has 7 nitrogen and oxygen atoms in total. The van der Waals surface area contributed by atoms with E-state index in [2.05, 4.69) is 5.32 Å². The zero-order valence-corrected chi connectivity index (χ0v) is 19.7. The van der Waals surface area contributed by atoms with Gasteiger partial charge in [-0.3, -0.25) is 4.79 Å². The first-order chi connectivity index (χ1) is 16.0. The van der Waals surface area contributed by atoms with Gasteiger partial charge >= 0.3 is 12.1 Å². The average Bonchev–Trinajstić information content (AvgIpc) is 2.77. The van der Waals surface area contributed by atoms with Crippen LogP contribution in [0, 0.1) is 5.92 Å². The van der Waals surface area contributed by atoms with E-state index in [4.69, 9.17) is 38.0 Å². The van der Waals surface area contributed by atoms with Crippen molar-refractivity contribution in [1.82, 2.24) is 10.6 Å².